The second-order valence-corrected chi connectivity index (χ2v) is 5.25. The smallest absolute Gasteiger partial charge is 0.0129 e. The van der Waals surface area contributed by atoms with Gasteiger partial charge in [-0.05, 0) is 45.1 Å². The summed E-state index contributed by atoms with van der Waals surface area (Å²) < 4.78 is 0. The fraction of sp³-hybridized carbons (Fsp3) is 0.857. The quantitative estimate of drug-likeness (QED) is 0.680. The van der Waals surface area contributed by atoms with Crippen LogP contribution in [-0.2, 0) is 0 Å². The Morgan fingerprint density at radius 2 is 1.93 bits per heavy atom. The first-order valence-corrected chi connectivity index (χ1v) is 6.49. The molecule has 1 aliphatic rings. The molecule has 1 nitrogen and oxygen atoms in total. The fourth-order valence-corrected chi connectivity index (χ4v) is 2.88. The van der Waals surface area contributed by atoms with Gasteiger partial charge in [-0.3, -0.25) is 0 Å². The molecule has 0 aromatic carbocycles. The largest absolute Gasteiger partial charge is 0.316 e. The van der Waals surface area contributed by atoms with Crippen LogP contribution in [0.5, 0.6) is 0 Å². The highest BCUT2D eigenvalue weighted by atomic mass is 14.9. The topological polar surface area (TPSA) is 12.0 Å². The van der Waals surface area contributed by atoms with Crippen molar-refractivity contribution in [3.05, 3.63) is 12.2 Å². The Morgan fingerprint density at radius 3 is 2.33 bits per heavy atom. The third kappa shape index (κ3) is 3.98. The molecule has 88 valence electrons. The van der Waals surface area contributed by atoms with E-state index in [1.54, 1.807) is 0 Å². The Kier molecular flexibility index (Phi) is 5.38. The molecule has 0 aromatic rings. The van der Waals surface area contributed by atoms with Crippen molar-refractivity contribution in [2.45, 2.75) is 58.4 Å². The summed E-state index contributed by atoms with van der Waals surface area (Å²) in [6.07, 6.45) is 8.23. The number of nitrogens with one attached hydrogen (secondary N) is 1. The molecule has 0 aromatic heterocycles. The van der Waals surface area contributed by atoms with Gasteiger partial charge in [-0.25, -0.2) is 0 Å². The van der Waals surface area contributed by atoms with Gasteiger partial charge in [0.2, 0.25) is 0 Å². The van der Waals surface area contributed by atoms with Gasteiger partial charge >= 0.3 is 0 Å². The first kappa shape index (κ1) is 12.8. The lowest BCUT2D eigenvalue weighted by atomic mass is 9.76. The Bertz CT molecular complexity index is 190. The monoisotopic (exact) mass is 209 g/mol. The second-order valence-electron chi connectivity index (χ2n) is 5.25. The molecule has 1 rings (SSSR count). The first-order chi connectivity index (χ1) is 7.17. The van der Waals surface area contributed by atoms with Crippen LogP contribution < -0.4 is 5.32 Å². The van der Waals surface area contributed by atoms with Crippen LogP contribution >= 0.6 is 0 Å². The molecule has 1 fully saturated rings. The minimum Gasteiger partial charge on any atom is -0.316 e. The molecule has 0 amide bonds. The molecule has 1 unspecified atom stereocenters. The highest BCUT2D eigenvalue weighted by Crippen LogP contribution is 2.33. The maximum atomic E-state index is 4.03. The van der Waals surface area contributed by atoms with Crippen molar-refractivity contribution >= 4 is 0 Å². The minimum atomic E-state index is 0.667. The summed E-state index contributed by atoms with van der Waals surface area (Å²) in [6.45, 7) is 8.50. The molecule has 1 saturated carbocycles. The normalized spacial score (nSPS) is 28.7. The van der Waals surface area contributed by atoms with E-state index in [4.69, 9.17) is 0 Å². The molecule has 1 heteroatoms. The molecular weight excluding hydrogens is 182 g/mol. The van der Waals surface area contributed by atoms with Gasteiger partial charge in [0.1, 0.15) is 0 Å². The van der Waals surface area contributed by atoms with E-state index < -0.39 is 0 Å². The zero-order valence-electron chi connectivity index (χ0n) is 10.7. The van der Waals surface area contributed by atoms with Gasteiger partial charge in [-0.2, -0.15) is 0 Å². The summed E-state index contributed by atoms with van der Waals surface area (Å²) in [4.78, 5) is 0. The maximum absolute atomic E-state index is 4.03. The van der Waals surface area contributed by atoms with Crippen LogP contribution in [0.1, 0.15) is 52.4 Å². The standard InChI is InChI=1S/C14H27N/c1-5-12-6-8-13(9-7-12)14(15-4)10-11(2)3/h12-15H,2,5-10H2,1,3-4H3. The van der Waals surface area contributed by atoms with Crippen molar-refractivity contribution < 1.29 is 0 Å². The van der Waals surface area contributed by atoms with Crippen LogP contribution in [0.15, 0.2) is 12.2 Å². The summed E-state index contributed by atoms with van der Waals surface area (Å²) in [5.74, 6) is 1.89. The first-order valence-electron chi connectivity index (χ1n) is 6.49. The van der Waals surface area contributed by atoms with Crippen LogP contribution in [0.3, 0.4) is 0 Å². The lowest BCUT2D eigenvalue weighted by Crippen LogP contribution is -2.36. The van der Waals surface area contributed by atoms with Gasteiger partial charge in [0.15, 0.2) is 0 Å². The van der Waals surface area contributed by atoms with Crippen molar-refractivity contribution in [3.63, 3.8) is 0 Å². The number of rotatable bonds is 5. The molecule has 0 aliphatic heterocycles. The summed E-state index contributed by atoms with van der Waals surface area (Å²) in [5.41, 5.74) is 1.31. The van der Waals surface area contributed by atoms with Crippen LogP contribution in [0, 0.1) is 11.8 Å². The van der Waals surface area contributed by atoms with Gasteiger partial charge in [-0.1, -0.05) is 31.8 Å². The number of hydrogen-bond acceptors (Lipinski definition) is 1. The van der Waals surface area contributed by atoms with E-state index in [-0.39, 0.29) is 0 Å². The Labute approximate surface area is 95.3 Å². The average molecular weight is 209 g/mol. The molecule has 0 bridgehead atoms. The second kappa shape index (κ2) is 6.32. The van der Waals surface area contributed by atoms with Gasteiger partial charge in [-0.15, -0.1) is 6.58 Å². The molecule has 0 heterocycles. The van der Waals surface area contributed by atoms with Crippen molar-refractivity contribution in [3.8, 4) is 0 Å². The lowest BCUT2D eigenvalue weighted by molar-refractivity contribution is 0.222. The van der Waals surface area contributed by atoms with Crippen molar-refractivity contribution in [1.29, 1.82) is 0 Å². The predicted molar refractivity (Wildman–Crippen MR) is 68.0 cm³/mol. The average Bonchev–Trinajstić information content (AvgIpc) is 2.26. The van der Waals surface area contributed by atoms with E-state index in [0.717, 1.165) is 18.3 Å². The highest BCUT2D eigenvalue weighted by molar-refractivity contribution is 4.95. The summed E-state index contributed by atoms with van der Waals surface area (Å²) >= 11 is 0. The number of hydrogen-bond donors (Lipinski definition) is 1. The highest BCUT2D eigenvalue weighted by Gasteiger charge is 2.25. The molecule has 0 radical (unpaired) electrons. The fourth-order valence-electron chi connectivity index (χ4n) is 2.88. The summed E-state index contributed by atoms with van der Waals surface area (Å²) in [7, 11) is 2.10. The Balaban J connectivity index is 2.39. The molecule has 0 saturated heterocycles. The van der Waals surface area contributed by atoms with E-state index in [2.05, 4.69) is 32.8 Å². The third-order valence-electron chi connectivity index (χ3n) is 3.98. The zero-order chi connectivity index (χ0) is 11.3. The van der Waals surface area contributed by atoms with E-state index >= 15 is 0 Å². The van der Waals surface area contributed by atoms with Crippen LogP contribution in [0.2, 0.25) is 0 Å². The summed E-state index contributed by atoms with van der Waals surface area (Å²) in [6, 6.07) is 0.667. The van der Waals surface area contributed by atoms with Crippen molar-refractivity contribution in [1.82, 2.24) is 5.32 Å². The third-order valence-corrected chi connectivity index (χ3v) is 3.98. The van der Waals surface area contributed by atoms with Crippen LogP contribution in [0.4, 0.5) is 0 Å². The molecule has 15 heavy (non-hydrogen) atoms. The Hall–Kier alpha value is -0.300. The van der Waals surface area contributed by atoms with E-state index in [1.165, 1.54) is 37.7 Å². The lowest BCUT2D eigenvalue weighted by Gasteiger charge is -2.33. The van der Waals surface area contributed by atoms with Gasteiger partial charge < -0.3 is 5.32 Å². The minimum absolute atomic E-state index is 0.667. The molecule has 1 N–H and O–H groups in total. The van der Waals surface area contributed by atoms with E-state index in [9.17, 15) is 0 Å². The Morgan fingerprint density at radius 1 is 1.33 bits per heavy atom. The predicted octanol–water partition coefficient (Wildman–Crippen LogP) is 3.76. The van der Waals surface area contributed by atoms with E-state index in [0.29, 0.717) is 6.04 Å². The van der Waals surface area contributed by atoms with E-state index in [1.807, 2.05) is 0 Å². The van der Waals surface area contributed by atoms with Crippen molar-refractivity contribution in [2.75, 3.05) is 7.05 Å². The molecule has 1 atom stereocenters. The molecule has 0 spiro atoms. The maximum Gasteiger partial charge on any atom is 0.0129 e. The van der Waals surface area contributed by atoms with Gasteiger partial charge in [0, 0.05) is 6.04 Å². The van der Waals surface area contributed by atoms with Crippen LogP contribution in [-0.4, -0.2) is 13.1 Å². The molecule has 1 aliphatic carbocycles. The van der Waals surface area contributed by atoms with Crippen LogP contribution in [0.25, 0.3) is 0 Å². The van der Waals surface area contributed by atoms with Gasteiger partial charge in [0.25, 0.3) is 0 Å². The summed E-state index contributed by atoms with van der Waals surface area (Å²) in [5, 5.41) is 3.48. The molecular formula is C14H27N. The SMILES string of the molecule is C=C(C)CC(NC)C1CCC(CC)CC1. The van der Waals surface area contributed by atoms with Crippen molar-refractivity contribution in [2.24, 2.45) is 11.8 Å². The van der Waals surface area contributed by atoms with Gasteiger partial charge in [0.05, 0.1) is 0 Å². The zero-order valence-corrected chi connectivity index (χ0v) is 10.7.